The highest BCUT2D eigenvalue weighted by molar-refractivity contribution is 6.29. The lowest BCUT2D eigenvalue weighted by molar-refractivity contribution is 0.872. The molecule has 1 aromatic heterocycles. The van der Waals surface area contributed by atoms with Crippen molar-refractivity contribution in [3.63, 3.8) is 0 Å². The van der Waals surface area contributed by atoms with Crippen molar-refractivity contribution in [3.05, 3.63) is 58.2 Å². The van der Waals surface area contributed by atoms with Crippen LogP contribution in [0.1, 0.15) is 29.7 Å². The number of hydrogen-bond donors (Lipinski definition) is 1. The summed E-state index contributed by atoms with van der Waals surface area (Å²) in [5, 5.41) is 3.86. The highest BCUT2D eigenvalue weighted by atomic mass is 35.5. The van der Waals surface area contributed by atoms with Crippen molar-refractivity contribution in [2.75, 3.05) is 5.32 Å². The first-order chi connectivity index (χ1) is 8.56. The van der Waals surface area contributed by atoms with Crippen LogP contribution >= 0.6 is 11.6 Å². The Hall–Kier alpha value is -1.54. The topological polar surface area (TPSA) is 24.9 Å². The van der Waals surface area contributed by atoms with Gasteiger partial charge in [0.2, 0.25) is 0 Å². The monoisotopic (exact) mass is 260 g/mol. The summed E-state index contributed by atoms with van der Waals surface area (Å²) in [6.07, 6.45) is 0. The van der Waals surface area contributed by atoms with Crippen molar-refractivity contribution in [2.45, 2.75) is 26.8 Å². The van der Waals surface area contributed by atoms with Crippen LogP contribution in [0.3, 0.4) is 0 Å². The number of halogens is 1. The normalized spacial score (nSPS) is 12.2. The number of anilines is 1. The van der Waals surface area contributed by atoms with Crippen molar-refractivity contribution in [3.8, 4) is 0 Å². The zero-order valence-electron chi connectivity index (χ0n) is 10.9. The summed E-state index contributed by atoms with van der Waals surface area (Å²) in [6.45, 7) is 6.37. The second kappa shape index (κ2) is 5.40. The van der Waals surface area contributed by atoms with Gasteiger partial charge < -0.3 is 5.32 Å². The molecule has 94 valence electrons. The number of nitrogens with zero attached hydrogens (tertiary/aromatic N) is 1. The molecule has 0 bridgehead atoms. The molecule has 1 atom stereocenters. The van der Waals surface area contributed by atoms with Gasteiger partial charge in [0.05, 0.1) is 0 Å². The van der Waals surface area contributed by atoms with Crippen LogP contribution in [0.2, 0.25) is 5.15 Å². The molecule has 0 saturated heterocycles. The SMILES string of the molecule is Cc1ccc(C(C)Nc2cccc(Cl)n2)cc1C. The van der Waals surface area contributed by atoms with E-state index in [9.17, 15) is 0 Å². The molecule has 0 radical (unpaired) electrons. The number of benzene rings is 1. The Morgan fingerprint density at radius 3 is 2.56 bits per heavy atom. The Balaban J connectivity index is 2.16. The lowest BCUT2D eigenvalue weighted by Crippen LogP contribution is -2.08. The zero-order chi connectivity index (χ0) is 13.1. The van der Waals surface area contributed by atoms with E-state index in [1.165, 1.54) is 16.7 Å². The number of hydrogen-bond acceptors (Lipinski definition) is 2. The van der Waals surface area contributed by atoms with Crippen LogP contribution in [0.5, 0.6) is 0 Å². The molecule has 1 N–H and O–H groups in total. The van der Waals surface area contributed by atoms with E-state index in [1.54, 1.807) is 6.07 Å². The molecule has 2 nitrogen and oxygen atoms in total. The molecule has 0 aliphatic rings. The predicted octanol–water partition coefficient (Wildman–Crippen LogP) is 4.52. The maximum Gasteiger partial charge on any atom is 0.131 e. The van der Waals surface area contributed by atoms with E-state index in [0.717, 1.165) is 5.82 Å². The molecule has 1 unspecified atom stereocenters. The number of pyridine rings is 1. The minimum absolute atomic E-state index is 0.204. The summed E-state index contributed by atoms with van der Waals surface area (Å²) >= 11 is 5.87. The van der Waals surface area contributed by atoms with Crippen LogP contribution in [0.4, 0.5) is 5.82 Å². The van der Waals surface area contributed by atoms with E-state index < -0.39 is 0 Å². The van der Waals surface area contributed by atoms with Gasteiger partial charge in [-0.3, -0.25) is 0 Å². The highest BCUT2D eigenvalue weighted by Crippen LogP contribution is 2.21. The van der Waals surface area contributed by atoms with E-state index in [0.29, 0.717) is 5.15 Å². The maximum atomic E-state index is 5.87. The predicted molar refractivity (Wildman–Crippen MR) is 77.2 cm³/mol. The quantitative estimate of drug-likeness (QED) is 0.821. The van der Waals surface area contributed by atoms with Crippen LogP contribution in [0, 0.1) is 13.8 Å². The van der Waals surface area contributed by atoms with Gasteiger partial charge in [-0.1, -0.05) is 35.9 Å². The first kappa shape index (κ1) is 12.9. The number of rotatable bonds is 3. The molecule has 1 aromatic carbocycles. The molecule has 0 aliphatic heterocycles. The molecule has 0 aliphatic carbocycles. The maximum absolute atomic E-state index is 5.87. The van der Waals surface area contributed by atoms with Crippen LogP contribution < -0.4 is 5.32 Å². The third-order valence-electron chi connectivity index (χ3n) is 3.11. The number of aryl methyl sites for hydroxylation is 2. The fraction of sp³-hybridized carbons (Fsp3) is 0.267. The first-order valence-electron chi connectivity index (χ1n) is 6.02. The summed E-state index contributed by atoms with van der Waals surface area (Å²) in [5.74, 6) is 0.799. The molecule has 2 rings (SSSR count). The van der Waals surface area contributed by atoms with E-state index in [4.69, 9.17) is 11.6 Å². The van der Waals surface area contributed by atoms with Crippen LogP contribution in [0.15, 0.2) is 36.4 Å². The lowest BCUT2D eigenvalue weighted by Gasteiger charge is -2.16. The van der Waals surface area contributed by atoms with Gasteiger partial charge in [0, 0.05) is 6.04 Å². The Labute approximate surface area is 113 Å². The van der Waals surface area contributed by atoms with Crippen molar-refractivity contribution in [1.29, 1.82) is 0 Å². The van der Waals surface area contributed by atoms with Crippen LogP contribution in [-0.2, 0) is 0 Å². The average Bonchev–Trinajstić information content (AvgIpc) is 2.32. The van der Waals surface area contributed by atoms with Gasteiger partial charge in [-0.2, -0.15) is 0 Å². The first-order valence-corrected chi connectivity index (χ1v) is 6.40. The summed E-state index contributed by atoms with van der Waals surface area (Å²) < 4.78 is 0. The van der Waals surface area contributed by atoms with Gasteiger partial charge in [-0.15, -0.1) is 0 Å². The molecular weight excluding hydrogens is 244 g/mol. The van der Waals surface area contributed by atoms with E-state index in [1.807, 2.05) is 12.1 Å². The molecule has 1 heterocycles. The van der Waals surface area contributed by atoms with E-state index >= 15 is 0 Å². The minimum atomic E-state index is 0.204. The Morgan fingerprint density at radius 1 is 1.11 bits per heavy atom. The van der Waals surface area contributed by atoms with Crippen LogP contribution in [0.25, 0.3) is 0 Å². The van der Waals surface area contributed by atoms with Crippen molar-refractivity contribution >= 4 is 17.4 Å². The molecular formula is C15H17ClN2. The third kappa shape index (κ3) is 3.02. The lowest BCUT2D eigenvalue weighted by atomic mass is 10.0. The van der Waals surface area contributed by atoms with Crippen LogP contribution in [-0.4, -0.2) is 4.98 Å². The van der Waals surface area contributed by atoms with Gasteiger partial charge in [0.25, 0.3) is 0 Å². The average molecular weight is 261 g/mol. The van der Waals surface area contributed by atoms with Gasteiger partial charge in [-0.05, 0) is 49.6 Å². The molecule has 0 amide bonds. The number of nitrogens with one attached hydrogen (secondary N) is 1. The highest BCUT2D eigenvalue weighted by Gasteiger charge is 2.07. The Kier molecular flexibility index (Phi) is 3.87. The number of aromatic nitrogens is 1. The molecule has 0 saturated carbocycles. The summed E-state index contributed by atoms with van der Waals surface area (Å²) in [7, 11) is 0. The molecule has 0 fully saturated rings. The van der Waals surface area contributed by atoms with E-state index in [2.05, 4.69) is 49.3 Å². The fourth-order valence-electron chi connectivity index (χ4n) is 1.83. The van der Waals surface area contributed by atoms with Gasteiger partial charge in [0.15, 0.2) is 0 Å². The minimum Gasteiger partial charge on any atom is -0.364 e. The molecule has 2 aromatic rings. The van der Waals surface area contributed by atoms with Gasteiger partial charge in [-0.25, -0.2) is 4.98 Å². The molecule has 18 heavy (non-hydrogen) atoms. The largest absolute Gasteiger partial charge is 0.364 e. The standard InChI is InChI=1S/C15H17ClN2/c1-10-7-8-13(9-11(10)2)12(3)17-15-6-4-5-14(16)18-15/h4-9,12H,1-3H3,(H,17,18). The summed E-state index contributed by atoms with van der Waals surface area (Å²) in [4.78, 5) is 4.23. The molecule has 0 spiro atoms. The van der Waals surface area contributed by atoms with Gasteiger partial charge >= 0.3 is 0 Å². The van der Waals surface area contributed by atoms with Crippen molar-refractivity contribution in [1.82, 2.24) is 4.98 Å². The third-order valence-corrected chi connectivity index (χ3v) is 3.32. The molecule has 3 heteroatoms. The zero-order valence-corrected chi connectivity index (χ0v) is 11.6. The Morgan fingerprint density at radius 2 is 1.89 bits per heavy atom. The summed E-state index contributed by atoms with van der Waals surface area (Å²) in [5.41, 5.74) is 3.87. The van der Waals surface area contributed by atoms with Crippen molar-refractivity contribution < 1.29 is 0 Å². The second-order valence-corrected chi connectivity index (χ2v) is 4.94. The smallest absolute Gasteiger partial charge is 0.131 e. The summed E-state index contributed by atoms with van der Waals surface area (Å²) in [6, 6.07) is 12.3. The van der Waals surface area contributed by atoms with E-state index in [-0.39, 0.29) is 6.04 Å². The van der Waals surface area contributed by atoms with Gasteiger partial charge in [0.1, 0.15) is 11.0 Å². The second-order valence-electron chi connectivity index (χ2n) is 4.56. The Bertz CT molecular complexity index is 552. The fourth-order valence-corrected chi connectivity index (χ4v) is 1.99. The van der Waals surface area contributed by atoms with Crippen molar-refractivity contribution in [2.24, 2.45) is 0 Å².